The van der Waals surface area contributed by atoms with Crippen LogP contribution in [0, 0.1) is 0 Å². The molecule has 0 saturated carbocycles. The van der Waals surface area contributed by atoms with Gasteiger partial charge in [-0.2, -0.15) is 0 Å². The molecule has 120 valence electrons. The number of hydrogen-bond acceptors (Lipinski definition) is 4. The fourth-order valence-electron chi connectivity index (χ4n) is 3.75. The van der Waals surface area contributed by atoms with E-state index in [-0.39, 0.29) is 6.04 Å². The molecule has 2 aliphatic rings. The van der Waals surface area contributed by atoms with Crippen molar-refractivity contribution in [2.24, 2.45) is 0 Å². The van der Waals surface area contributed by atoms with E-state index >= 15 is 0 Å². The summed E-state index contributed by atoms with van der Waals surface area (Å²) in [6.07, 6.45) is 4.87. The van der Waals surface area contributed by atoms with E-state index in [2.05, 4.69) is 20.8 Å². The topological polar surface area (TPSA) is 38.8 Å². The van der Waals surface area contributed by atoms with Crippen molar-refractivity contribution in [1.82, 2.24) is 4.90 Å². The smallest absolute Gasteiger partial charge is 0.161 e. The SMILES string of the molecule is COc1cc(Br)c(C2CC(=O)CC3CCCCN32)cc1OC. The van der Waals surface area contributed by atoms with Gasteiger partial charge in [0.2, 0.25) is 0 Å². The Kier molecular flexibility index (Phi) is 4.73. The van der Waals surface area contributed by atoms with Crippen molar-refractivity contribution in [3.05, 3.63) is 22.2 Å². The summed E-state index contributed by atoms with van der Waals surface area (Å²) in [5.41, 5.74) is 1.12. The lowest BCUT2D eigenvalue weighted by molar-refractivity contribution is -0.126. The summed E-state index contributed by atoms with van der Waals surface area (Å²) >= 11 is 3.65. The minimum Gasteiger partial charge on any atom is -0.493 e. The van der Waals surface area contributed by atoms with Crippen molar-refractivity contribution < 1.29 is 14.3 Å². The lowest BCUT2D eigenvalue weighted by Crippen LogP contribution is -2.47. The van der Waals surface area contributed by atoms with Crippen molar-refractivity contribution in [2.75, 3.05) is 20.8 Å². The first-order chi connectivity index (χ1) is 10.6. The third-order valence-corrected chi connectivity index (χ3v) is 5.51. The number of Topliss-reactive ketones (excluding diaryl/α,β-unsaturated/α-hetero) is 1. The third kappa shape index (κ3) is 2.88. The van der Waals surface area contributed by atoms with Gasteiger partial charge in [-0.05, 0) is 37.1 Å². The molecule has 22 heavy (non-hydrogen) atoms. The van der Waals surface area contributed by atoms with Gasteiger partial charge in [0.15, 0.2) is 11.5 Å². The molecule has 5 heteroatoms. The maximum atomic E-state index is 12.2. The summed E-state index contributed by atoms with van der Waals surface area (Å²) in [6.45, 7) is 1.07. The molecule has 0 radical (unpaired) electrons. The molecule has 2 atom stereocenters. The van der Waals surface area contributed by atoms with Gasteiger partial charge in [0.25, 0.3) is 0 Å². The van der Waals surface area contributed by atoms with Gasteiger partial charge >= 0.3 is 0 Å². The van der Waals surface area contributed by atoms with Crippen LogP contribution in [0.3, 0.4) is 0 Å². The first kappa shape index (κ1) is 15.8. The molecule has 1 aromatic carbocycles. The Morgan fingerprint density at radius 2 is 1.86 bits per heavy atom. The highest BCUT2D eigenvalue weighted by atomic mass is 79.9. The maximum absolute atomic E-state index is 12.2. The van der Waals surface area contributed by atoms with Gasteiger partial charge in [0, 0.05) is 29.4 Å². The van der Waals surface area contributed by atoms with Crippen LogP contribution in [0.1, 0.15) is 43.7 Å². The normalized spacial score (nSPS) is 25.7. The summed E-state index contributed by atoms with van der Waals surface area (Å²) < 4.78 is 11.8. The molecule has 0 aliphatic carbocycles. The van der Waals surface area contributed by atoms with E-state index in [4.69, 9.17) is 9.47 Å². The summed E-state index contributed by atoms with van der Waals surface area (Å²) in [4.78, 5) is 14.7. The quantitative estimate of drug-likeness (QED) is 0.815. The molecule has 0 amide bonds. The Morgan fingerprint density at radius 3 is 2.59 bits per heavy atom. The fraction of sp³-hybridized carbons (Fsp3) is 0.588. The van der Waals surface area contributed by atoms with Gasteiger partial charge in [-0.25, -0.2) is 0 Å². The van der Waals surface area contributed by atoms with Crippen LogP contribution in [0.4, 0.5) is 0 Å². The number of rotatable bonds is 3. The number of methoxy groups -OCH3 is 2. The van der Waals surface area contributed by atoms with Crippen LogP contribution in [-0.2, 0) is 4.79 Å². The van der Waals surface area contributed by atoms with Crippen molar-refractivity contribution in [2.45, 2.75) is 44.2 Å². The number of piperidine rings is 2. The number of ketones is 1. The standard InChI is InChI=1S/C17H22BrNO3/c1-21-16-9-13(14(18)10-17(16)22-2)15-8-12(20)7-11-5-3-4-6-19(11)15/h9-11,15H,3-8H2,1-2H3. The molecule has 2 fully saturated rings. The maximum Gasteiger partial charge on any atom is 0.161 e. The predicted molar refractivity (Wildman–Crippen MR) is 88.6 cm³/mol. The van der Waals surface area contributed by atoms with Gasteiger partial charge in [-0.3, -0.25) is 9.69 Å². The molecule has 4 nitrogen and oxygen atoms in total. The monoisotopic (exact) mass is 367 g/mol. The second-order valence-electron chi connectivity index (χ2n) is 6.08. The molecule has 0 aromatic heterocycles. The molecule has 1 aromatic rings. The number of benzene rings is 1. The summed E-state index contributed by atoms with van der Waals surface area (Å²) in [5.74, 6) is 1.79. The predicted octanol–water partition coefficient (Wildman–Crippen LogP) is 3.72. The highest BCUT2D eigenvalue weighted by molar-refractivity contribution is 9.10. The van der Waals surface area contributed by atoms with E-state index in [1.807, 2.05) is 12.1 Å². The lowest BCUT2D eigenvalue weighted by Gasteiger charge is -2.44. The molecule has 2 heterocycles. The van der Waals surface area contributed by atoms with Gasteiger partial charge in [-0.15, -0.1) is 0 Å². The van der Waals surface area contributed by atoms with Gasteiger partial charge in [0.05, 0.1) is 14.2 Å². The summed E-state index contributed by atoms with van der Waals surface area (Å²) in [6, 6.07) is 4.49. The molecule has 0 spiro atoms. The van der Waals surface area contributed by atoms with Gasteiger partial charge in [-0.1, -0.05) is 22.4 Å². The van der Waals surface area contributed by atoms with Crippen LogP contribution in [0.25, 0.3) is 0 Å². The minimum atomic E-state index is 0.140. The van der Waals surface area contributed by atoms with E-state index < -0.39 is 0 Å². The Labute approximate surface area is 139 Å². The van der Waals surface area contributed by atoms with Gasteiger partial charge in [0.1, 0.15) is 5.78 Å². The van der Waals surface area contributed by atoms with Crippen molar-refractivity contribution in [1.29, 1.82) is 0 Å². The zero-order valence-corrected chi connectivity index (χ0v) is 14.7. The van der Waals surface area contributed by atoms with Crippen LogP contribution < -0.4 is 9.47 Å². The molecule has 2 saturated heterocycles. The van der Waals surface area contributed by atoms with E-state index in [1.54, 1.807) is 14.2 Å². The molecule has 0 N–H and O–H groups in total. The highest BCUT2D eigenvalue weighted by Crippen LogP contribution is 2.43. The number of ether oxygens (including phenoxy) is 2. The Hall–Kier alpha value is -1.07. The number of carbonyl (C=O) groups is 1. The average molecular weight is 368 g/mol. The zero-order valence-electron chi connectivity index (χ0n) is 13.1. The largest absolute Gasteiger partial charge is 0.493 e. The Balaban J connectivity index is 1.99. The number of nitrogens with zero attached hydrogens (tertiary/aromatic N) is 1. The Morgan fingerprint density at radius 1 is 1.14 bits per heavy atom. The van der Waals surface area contributed by atoms with E-state index in [1.165, 1.54) is 12.8 Å². The van der Waals surface area contributed by atoms with E-state index in [0.717, 1.165) is 23.0 Å². The summed E-state index contributed by atoms with van der Waals surface area (Å²) in [5, 5.41) is 0. The third-order valence-electron chi connectivity index (χ3n) is 4.82. The number of halogens is 1. The summed E-state index contributed by atoms with van der Waals surface area (Å²) in [7, 11) is 3.28. The fourth-order valence-corrected chi connectivity index (χ4v) is 4.33. The first-order valence-electron chi connectivity index (χ1n) is 7.83. The minimum absolute atomic E-state index is 0.140. The van der Waals surface area contributed by atoms with Crippen molar-refractivity contribution in [3.8, 4) is 11.5 Å². The van der Waals surface area contributed by atoms with Crippen LogP contribution in [0.5, 0.6) is 11.5 Å². The second kappa shape index (κ2) is 6.59. The molecular formula is C17H22BrNO3. The zero-order chi connectivity index (χ0) is 15.7. The van der Waals surface area contributed by atoms with Crippen molar-refractivity contribution >= 4 is 21.7 Å². The van der Waals surface area contributed by atoms with Crippen LogP contribution in [0.2, 0.25) is 0 Å². The molecule has 3 rings (SSSR count). The molecule has 0 bridgehead atoms. The Bertz CT molecular complexity index is 575. The number of fused-ring (bicyclic) bond motifs is 1. The second-order valence-corrected chi connectivity index (χ2v) is 6.93. The lowest BCUT2D eigenvalue weighted by atomic mass is 9.85. The molecular weight excluding hydrogens is 346 g/mol. The average Bonchev–Trinajstić information content (AvgIpc) is 2.53. The van der Waals surface area contributed by atoms with Crippen molar-refractivity contribution in [3.63, 3.8) is 0 Å². The first-order valence-corrected chi connectivity index (χ1v) is 8.62. The van der Waals surface area contributed by atoms with E-state index in [9.17, 15) is 4.79 Å². The van der Waals surface area contributed by atoms with Crippen LogP contribution >= 0.6 is 15.9 Å². The van der Waals surface area contributed by atoms with E-state index in [0.29, 0.717) is 36.2 Å². The molecule has 2 unspecified atom stereocenters. The number of carbonyl (C=O) groups excluding carboxylic acids is 1. The van der Waals surface area contributed by atoms with Crippen LogP contribution in [0.15, 0.2) is 16.6 Å². The molecule has 2 aliphatic heterocycles. The number of hydrogen-bond donors (Lipinski definition) is 0. The van der Waals surface area contributed by atoms with Gasteiger partial charge < -0.3 is 9.47 Å². The van der Waals surface area contributed by atoms with Crippen LogP contribution in [-0.4, -0.2) is 37.5 Å². The highest BCUT2D eigenvalue weighted by Gasteiger charge is 2.37.